The normalized spacial score (nSPS) is 18.5. The molecule has 3 amide bonds. The van der Waals surface area contributed by atoms with Crippen LogP contribution in [0.2, 0.25) is 5.02 Å². The van der Waals surface area contributed by atoms with E-state index in [4.69, 9.17) is 16.3 Å². The van der Waals surface area contributed by atoms with Crippen LogP contribution in [-0.2, 0) is 26.3 Å². The Labute approximate surface area is 183 Å². The Morgan fingerprint density at radius 1 is 1.07 bits per heavy atom. The summed E-state index contributed by atoms with van der Waals surface area (Å²) in [5, 5.41) is 3.43. The van der Waals surface area contributed by atoms with Crippen molar-refractivity contribution in [3.8, 4) is 0 Å². The summed E-state index contributed by atoms with van der Waals surface area (Å²) in [4.78, 5) is 38.1. The molecule has 2 aliphatic heterocycles. The van der Waals surface area contributed by atoms with Crippen LogP contribution in [0.1, 0.15) is 24.0 Å². The Morgan fingerprint density at radius 2 is 1.73 bits per heavy atom. The van der Waals surface area contributed by atoms with E-state index in [9.17, 15) is 14.4 Å². The van der Waals surface area contributed by atoms with Crippen molar-refractivity contribution in [3.63, 3.8) is 0 Å². The molecule has 8 heteroatoms. The molecule has 0 spiro atoms. The van der Waals surface area contributed by atoms with E-state index in [0.29, 0.717) is 36.8 Å². The SMILES string of the molecule is O=C1CSC(=O)N1Cc1ccc(NC(=O)C2(c3ccc(Cl)cc3)CCOCC2)cc1. The summed E-state index contributed by atoms with van der Waals surface area (Å²) >= 11 is 7.05. The summed E-state index contributed by atoms with van der Waals surface area (Å²) in [6, 6.07) is 14.6. The minimum Gasteiger partial charge on any atom is -0.381 e. The van der Waals surface area contributed by atoms with E-state index in [-0.39, 0.29) is 29.4 Å². The minimum atomic E-state index is -0.673. The van der Waals surface area contributed by atoms with Gasteiger partial charge in [-0.3, -0.25) is 19.3 Å². The summed E-state index contributed by atoms with van der Waals surface area (Å²) in [5.41, 5.74) is 1.74. The number of carbonyl (C=O) groups is 3. The van der Waals surface area contributed by atoms with Gasteiger partial charge in [0.05, 0.1) is 17.7 Å². The predicted octanol–water partition coefficient (Wildman–Crippen LogP) is 4.22. The summed E-state index contributed by atoms with van der Waals surface area (Å²) < 4.78 is 5.50. The number of hydrogen-bond donors (Lipinski definition) is 1. The van der Waals surface area contributed by atoms with Gasteiger partial charge in [0, 0.05) is 23.9 Å². The number of ether oxygens (including phenoxy) is 1. The maximum Gasteiger partial charge on any atom is 0.289 e. The lowest BCUT2D eigenvalue weighted by molar-refractivity contribution is -0.125. The smallest absolute Gasteiger partial charge is 0.289 e. The van der Waals surface area contributed by atoms with Crippen molar-refractivity contribution in [2.75, 3.05) is 24.3 Å². The number of nitrogens with zero attached hydrogens (tertiary/aromatic N) is 1. The van der Waals surface area contributed by atoms with E-state index in [2.05, 4.69) is 5.32 Å². The van der Waals surface area contributed by atoms with E-state index in [1.54, 1.807) is 24.3 Å². The third-order valence-corrected chi connectivity index (χ3v) is 6.68. The van der Waals surface area contributed by atoms with Gasteiger partial charge in [0.2, 0.25) is 11.8 Å². The van der Waals surface area contributed by atoms with Crippen LogP contribution in [0.3, 0.4) is 0 Å². The van der Waals surface area contributed by atoms with Gasteiger partial charge in [-0.2, -0.15) is 0 Å². The molecule has 2 saturated heterocycles. The summed E-state index contributed by atoms with van der Waals surface area (Å²) in [6.07, 6.45) is 1.19. The molecule has 2 aliphatic rings. The summed E-state index contributed by atoms with van der Waals surface area (Å²) in [5.74, 6) is -0.0577. The standard InChI is InChI=1S/C22H21ClN2O4S/c23-17-5-3-16(4-6-17)22(9-11-29-12-10-22)20(27)24-18-7-1-15(2-8-18)13-25-19(26)14-30-21(25)28/h1-8H,9-14H2,(H,24,27). The molecular formula is C22H21ClN2O4S. The number of rotatable bonds is 5. The number of benzene rings is 2. The van der Waals surface area contributed by atoms with Gasteiger partial charge >= 0.3 is 0 Å². The van der Waals surface area contributed by atoms with E-state index in [0.717, 1.165) is 22.9 Å². The van der Waals surface area contributed by atoms with E-state index in [1.165, 1.54) is 4.90 Å². The number of imide groups is 1. The average Bonchev–Trinajstić information content (AvgIpc) is 3.08. The van der Waals surface area contributed by atoms with E-state index < -0.39 is 5.41 Å². The fraction of sp³-hybridized carbons (Fsp3) is 0.318. The first kappa shape index (κ1) is 20.9. The highest BCUT2D eigenvalue weighted by atomic mass is 35.5. The lowest BCUT2D eigenvalue weighted by Crippen LogP contribution is -2.44. The number of thioether (sulfide) groups is 1. The number of halogens is 1. The van der Waals surface area contributed by atoms with Crippen LogP contribution in [-0.4, -0.2) is 40.9 Å². The molecule has 30 heavy (non-hydrogen) atoms. The number of anilines is 1. The Balaban J connectivity index is 1.49. The molecule has 0 saturated carbocycles. The Morgan fingerprint density at radius 3 is 2.33 bits per heavy atom. The van der Waals surface area contributed by atoms with Crippen LogP contribution in [0.25, 0.3) is 0 Å². The largest absolute Gasteiger partial charge is 0.381 e. The van der Waals surface area contributed by atoms with Gasteiger partial charge in [-0.25, -0.2) is 0 Å². The van der Waals surface area contributed by atoms with Crippen molar-refractivity contribution in [1.82, 2.24) is 4.90 Å². The molecule has 0 radical (unpaired) electrons. The van der Waals surface area contributed by atoms with Crippen LogP contribution in [0.4, 0.5) is 10.5 Å². The molecule has 0 aromatic heterocycles. The van der Waals surface area contributed by atoms with Crippen LogP contribution in [0.15, 0.2) is 48.5 Å². The molecule has 1 N–H and O–H groups in total. The minimum absolute atomic E-state index is 0.0813. The van der Waals surface area contributed by atoms with Crippen LogP contribution in [0.5, 0.6) is 0 Å². The second kappa shape index (κ2) is 8.79. The zero-order chi connectivity index (χ0) is 21.1. The maximum atomic E-state index is 13.3. The first-order chi connectivity index (χ1) is 14.5. The van der Waals surface area contributed by atoms with Crippen molar-refractivity contribution in [3.05, 3.63) is 64.7 Å². The van der Waals surface area contributed by atoms with Gasteiger partial charge in [-0.05, 0) is 48.2 Å². The van der Waals surface area contributed by atoms with Gasteiger partial charge in [0.15, 0.2) is 0 Å². The van der Waals surface area contributed by atoms with E-state index >= 15 is 0 Å². The topological polar surface area (TPSA) is 75.7 Å². The van der Waals surface area contributed by atoms with Crippen molar-refractivity contribution in [1.29, 1.82) is 0 Å². The van der Waals surface area contributed by atoms with Gasteiger partial charge in [-0.15, -0.1) is 0 Å². The highest BCUT2D eigenvalue weighted by Crippen LogP contribution is 2.36. The Kier molecular flexibility index (Phi) is 6.13. The lowest BCUT2D eigenvalue weighted by atomic mass is 9.73. The van der Waals surface area contributed by atoms with Crippen molar-refractivity contribution < 1.29 is 19.1 Å². The number of hydrogen-bond acceptors (Lipinski definition) is 5. The zero-order valence-electron chi connectivity index (χ0n) is 16.2. The maximum absolute atomic E-state index is 13.3. The van der Waals surface area contributed by atoms with Gasteiger partial charge in [0.1, 0.15) is 0 Å². The van der Waals surface area contributed by atoms with Gasteiger partial charge in [-0.1, -0.05) is 47.6 Å². The third kappa shape index (κ3) is 4.24. The predicted molar refractivity (Wildman–Crippen MR) is 117 cm³/mol. The first-order valence-electron chi connectivity index (χ1n) is 9.69. The second-order valence-corrected chi connectivity index (χ2v) is 8.75. The first-order valence-corrected chi connectivity index (χ1v) is 11.1. The molecule has 0 unspecified atom stereocenters. The van der Waals surface area contributed by atoms with Crippen LogP contribution in [0, 0.1) is 0 Å². The third-order valence-electron chi connectivity index (χ3n) is 5.57. The number of carbonyl (C=O) groups excluding carboxylic acids is 3. The monoisotopic (exact) mass is 444 g/mol. The highest BCUT2D eigenvalue weighted by molar-refractivity contribution is 8.14. The second-order valence-electron chi connectivity index (χ2n) is 7.39. The lowest BCUT2D eigenvalue weighted by Gasteiger charge is -2.36. The van der Waals surface area contributed by atoms with Gasteiger partial charge in [0.25, 0.3) is 5.24 Å². The molecule has 0 bridgehead atoms. The Bertz CT molecular complexity index is 940. The summed E-state index contributed by atoms with van der Waals surface area (Å²) in [6.45, 7) is 1.28. The number of amides is 3. The van der Waals surface area contributed by atoms with Crippen molar-refractivity contribution >= 4 is 46.1 Å². The highest BCUT2D eigenvalue weighted by Gasteiger charge is 2.41. The molecule has 0 atom stereocenters. The van der Waals surface area contributed by atoms with Crippen molar-refractivity contribution in [2.45, 2.75) is 24.8 Å². The average molecular weight is 445 g/mol. The molecule has 2 aromatic carbocycles. The van der Waals surface area contributed by atoms with Crippen LogP contribution < -0.4 is 5.32 Å². The van der Waals surface area contributed by atoms with Crippen LogP contribution >= 0.6 is 23.4 Å². The molecule has 0 aliphatic carbocycles. The zero-order valence-corrected chi connectivity index (χ0v) is 17.8. The molecule has 156 valence electrons. The molecule has 2 heterocycles. The Hall–Kier alpha value is -2.35. The number of nitrogens with one attached hydrogen (secondary N) is 1. The summed E-state index contributed by atoms with van der Waals surface area (Å²) in [7, 11) is 0. The fourth-order valence-electron chi connectivity index (χ4n) is 3.80. The van der Waals surface area contributed by atoms with E-state index in [1.807, 2.05) is 24.3 Å². The molecule has 2 aromatic rings. The molecule has 4 rings (SSSR count). The quantitative estimate of drug-likeness (QED) is 0.747. The fourth-order valence-corrected chi connectivity index (χ4v) is 4.65. The van der Waals surface area contributed by atoms with Gasteiger partial charge < -0.3 is 10.1 Å². The molecule has 6 nitrogen and oxygen atoms in total. The molecular weight excluding hydrogens is 424 g/mol. The van der Waals surface area contributed by atoms with Crippen molar-refractivity contribution in [2.24, 2.45) is 0 Å². The molecule has 2 fully saturated rings.